The number of sulfone groups is 1. The predicted molar refractivity (Wildman–Crippen MR) is 77.6 cm³/mol. The minimum absolute atomic E-state index is 0.0214. The first-order valence-corrected chi connectivity index (χ1v) is 8.67. The molecule has 5 heteroatoms. The lowest BCUT2D eigenvalue weighted by atomic mass is 10.0. The van der Waals surface area contributed by atoms with Crippen molar-refractivity contribution in [2.45, 2.75) is 52.8 Å². The molecule has 0 aromatic heterocycles. The highest BCUT2D eigenvalue weighted by molar-refractivity contribution is 7.91. The molecular weight excluding hydrogens is 262 g/mol. The molecule has 112 valence electrons. The van der Waals surface area contributed by atoms with Gasteiger partial charge in [0.1, 0.15) is 0 Å². The number of carbonyl (C=O) groups is 1. The van der Waals surface area contributed by atoms with E-state index in [1.807, 2.05) is 0 Å². The molecule has 0 bridgehead atoms. The highest BCUT2D eigenvalue weighted by atomic mass is 32.2. The zero-order chi connectivity index (χ0) is 15.4. The number of hydrogen-bond acceptors (Lipinski definition) is 3. The molecule has 1 amide bonds. The molecule has 1 aliphatic rings. The van der Waals surface area contributed by atoms with Crippen LogP contribution in [-0.2, 0) is 14.6 Å². The summed E-state index contributed by atoms with van der Waals surface area (Å²) in [6.07, 6.45) is 1.22. The molecule has 0 heterocycles. The van der Waals surface area contributed by atoms with Gasteiger partial charge in [-0.2, -0.15) is 0 Å². The molecule has 19 heavy (non-hydrogen) atoms. The van der Waals surface area contributed by atoms with Crippen molar-refractivity contribution in [1.82, 2.24) is 4.90 Å². The van der Waals surface area contributed by atoms with Crippen molar-refractivity contribution < 1.29 is 13.2 Å². The Morgan fingerprint density at radius 2 is 1.47 bits per heavy atom. The molecular formula is C14H27NO3S. The van der Waals surface area contributed by atoms with Crippen LogP contribution >= 0.6 is 0 Å². The molecule has 4 nitrogen and oxygen atoms in total. The molecule has 0 saturated heterocycles. The maximum atomic E-state index is 12.5. The van der Waals surface area contributed by atoms with Crippen LogP contribution in [0.15, 0.2) is 0 Å². The van der Waals surface area contributed by atoms with Gasteiger partial charge in [-0.3, -0.25) is 4.79 Å². The Morgan fingerprint density at radius 1 is 1.11 bits per heavy atom. The summed E-state index contributed by atoms with van der Waals surface area (Å²) in [7, 11) is -1.43. The van der Waals surface area contributed by atoms with E-state index in [-0.39, 0.29) is 28.7 Å². The molecule has 1 rings (SSSR count). The third kappa shape index (κ3) is 2.54. The van der Waals surface area contributed by atoms with Crippen LogP contribution in [0.25, 0.3) is 0 Å². The summed E-state index contributed by atoms with van der Waals surface area (Å²) in [5.41, 5.74) is -0.0429. The monoisotopic (exact) mass is 289 g/mol. The van der Waals surface area contributed by atoms with Crippen molar-refractivity contribution >= 4 is 15.7 Å². The van der Waals surface area contributed by atoms with Crippen molar-refractivity contribution in [2.75, 3.05) is 13.3 Å². The van der Waals surface area contributed by atoms with E-state index in [0.717, 1.165) is 0 Å². The van der Waals surface area contributed by atoms with E-state index < -0.39 is 15.1 Å². The minimum Gasteiger partial charge on any atom is -0.341 e. The van der Waals surface area contributed by atoms with E-state index in [1.165, 1.54) is 6.26 Å². The fraction of sp³-hybridized carbons (Fsp3) is 0.929. The van der Waals surface area contributed by atoms with Gasteiger partial charge >= 0.3 is 0 Å². The van der Waals surface area contributed by atoms with Gasteiger partial charge in [-0.1, -0.05) is 27.7 Å². The van der Waals surface area contributed by atoms with Crippen LogP contribution in [0.4, 0.5) is 0 Å². The second-order valence-corrected chi connectivity index (χ2v) is 9.50. The Labute approximate surface area is 117 Å². The molecule has 0 aliphatic heterocycles. The summed E-state index contributed by atoms with van der Waals surface area (Å²) in [6, 6.07) is -0.310. The Bertz CT molecular complexity index is 465. The normalized spacial score (nSPS) is 24.6. The van der Waals surface area contributed by atoms with Gasteiger partial charge in [-0.15, -0.1) is 0 Å². The zero-order valence-electron chi connectivity index (χ0n) is 13.3. The van der Waals surface area contributed by atoms with E-state index in [4.69, 9.17) is 0 Å². The number of carbonyl (C=O) groups excluding carboxylic acids is 1. The second kappa shape index (κ2) is 4.47. The number of hydrogen-bond donors (Lipinski definition) is 0. The lowest BCUT2D eigenvalue weighted by Gasteiger charge is -2.29. The number of nitrogens with zero attached hydrogens (tertiary/aromatic N) is 1. The van der Waals surface area contributed by atoms with E-state index in [0.29, 0.717) is 0 Å². The maximum Gasteiger partial charge on any atom is 0.226 e. The molecule has 0 N–H and O–H groups in total. The average Bonchev–Trinajstić information content (AvgIpc) is 2.64. The zero-order valence-corrected chi connectivity index (χ0v) is 14.1. The van der Waals surface area contributed by atoms with Gasteiger partial charge in [0, 0.05) is 25.3 Å². The van der Waals surface area contributed by atoms with Crippen LogP contribution in [-0.4, -0.2) is 43.8 Å². The maximum absolute atomic E-state index is 12.5. The Morgan fingerprint density at radius 3 is 1.74 bits per heavy atom. The largest absolute Gasteiger partial charge is 0.341 e. The van der Waals surface area contributed by atoms with Gasteiger partial charge in [0.2, 0.25) is 5.91 Å². The van der Waals surface area contributed by atoms with Crippen LogP contribution < -0.4 is 0 Å². The molecule has 1 fully saturated rings. The Balaban J connectivity index is 2.86. The van der Waals surface area contributed by atoms with Crippen molar-refractivity contribution in [3.8, 4) is 0 Å². The van der Waals surface area contributed by atoms with Gasteiger partial charge in [0.25, 0.3) is 0 Å². The topological polar surface area (TPSA) is 54.5 Å². The van der Waals surface area contributed by atoms with Gasteiger partial charge in [-0.05, 0) is 24.7 Å². The number of amides is 1. The van der Waals surface area contributed by atoms with Crippen molar-refractivity contribution in [3.05, 3.63) is 0 Å². The van der Waals surface area contributed by atoms with Crippen LogP contribution in [0.2, 0.25) is 0 Å². The summed E-state index contributed by atoms with van der Waals surface area (Å²) in [5.74, 6) is 0.0252. The van der Waals surface area contributed by atoms with Crippen molar-refractivity contribution in [3.63, 3.8) is 0 Å². The van der Waals surface area contributed by atoms with E-state index in [9.17, 15) is 13.2 Å². The van der Waals surface area contributed by atoms with Crippen LogP contribution in [0.5, 0.6) is 0 Å². The summed E-state index contributed by atoms with van der Waals surface area (Å²) in [4.78, 5) is 14.1. The van der Waals surface area contributed by atoms with Crippen molar-refractivity contribution in [2.24, 2.45) is 16.7 Å². The fourth-order valence-corrected chi connectivity index (χ4v) is 3.79. The van der Waals surface area contributed by atoms with E-state index in [2.05, 4.69) is 27.7 Å². The first-order valence-electron chi connectivity index (χ1n) is 6.71. The summed E-state index contributed by atoms with van der Waals surface area (Å²) in [5, 5.41) is -0.550. The summed E-state index contributed by atoms with van der Waals surface area (Å²) < 4.78 is 23.2. The first kappa shape index (κ1) is 16.5. The van der Waals surface area contributed by atoms with Gasteiger partial charge in [-0.25, -0.2) is 8.42 Å². The molecule has 2 atom stereocenters. The molecule has 1 saturated carbocycles. The third-order valence-electron chi connectivity index (χ3n) is 5.58. The molecule has 2 unspecified atom stereocenters. The highest BCUT2D eigenvalue weighted by Crippen LogP contribution is 2.68. The van der Waals surface area contributed by atoms with E-state index >= 15 is 0 Å². The SMILES string of the molecule is CC(C(C)S(C)(=O)=O)N(C)C(=O)C1C(C)(C)C1(C)C. The predicted octanol–water partition coefficient (Wildman–Crippen LogP) is 1.95. The lowest BCUT2D eigenvalue weighted by Crippen LogP contribution is -2.45. The smallest absolute Gasteiger partial charge is 0.226 e. The fourth-order valence-electron chi connectivity index (χ4n) is 2.89. The standard InChI is InChI=1S/C14H27NO3S/c1-9(10(2)19(8,17)18)15(7)12(16)11-13(3,4)14(11,5)6/h9-11H,1-8H3. The van der Waals surface area contributed by atoms with Gasteiger partial charge in [0.05, 0.1) is 5.25 Å². The second-order valence-electron chi connectivity index (χ2n) is 7.10. The van der Waals surface area contributed by atoms with Gasteiger partial charge in [0.15, 0.2) is 9.84 Å². The molecule has 0 aromatic rings. The highest BCUT2D eigenvalue weighted by Gasteiger charge is 2.68. The first-order chi connectivity index (χ1) is 8.26. The van der Waals surface area contributed by atoms with E-state index in [1.54, 1.807) is 25.8 Å². The molecule has 0 aromatic carbocycles. The summed E-state index contributed by atoms with van der Waals surface area (Å²) >= 11 is 0. The third-order valence-corrected chi connectivity index (χ3v) is 7.33. The molecule has 0 radical (unpaired) electrons. The van der Waals surface area contributed by atoms with Crippen LogP contribution in [0, 0.1) is 16.7 Å². The minimum atomic E-state index is -3.14. The van der Waals surface area contributed by atoms with Crippen LogP contribution in [0.3, 0.4) is 0 Å². The van der Waals surface area contributed by atoms with Crippen LogP contribution in [0.1, 0.15) is 41.5 Å². The molecule has 1 aliphatic carbocycles. The lowest BCUT2D eigenvalue weighted by molar-refractivity contribution is -0.134. The quantitative estimate of drug-likeness (QED) is 0.795. The van der Waals surface area contributed by atoms with Gasteiger partial charge < -0.3 is 4.90 Å². The molecule has 0 spiro atoms. The average molecular weight is 289 g/mol. The Kier molecular flexibility index (Phi) is 3.87. The number of rotatable bonds is 4. The summed E-state index contributed by atoms with van der Waals surface area (Å²) in [6.45, 7) is 11.8. The van der Waals surface area contributed by atoms with Crippen molar-refractivity contribution in [1.29, 1.82) is 0 Å². The Hall–Kier alpha value is -0.580.